The van der Waals surface area contributed by atoms with Crippen LogP contribution in [0.15, 0.2) is 21.2 Å². The minimum absolute atomic E-state index is 0.150. The van der Waals surface area contributed by atoms with Crippen LogP contribution >= 0.6 is 31.9 Å². The monoisotopic (exact) mass is 378 g/mol. The second-order valence-corrected chi connectivity index (χ2v) is 5.80. The molecule has 0 bridgehead atoms. The highest BCUT2D eigenvalue weighted by atomic mass is 79.9. The van der Waals surface area contributed by atoms with E-state index in [1.54, 1.807) is 13.1 Å². The molecule has 4 nitrogen and oxygen atoms in total. The Bertz CT molecular complexity index is 425. The van der Waals surface area contributed by atoms with Crippen molar-refractivity contribution in [2.24, 2.45) is 0 Å². The van der Waals surface area contributed by atoms with Gasteiger partial charge in [0.05, 0.1) is 12.3 Å². The first-order chi connectivity index (χ1) is 8.45. The Kier molecular flexibility index (Phi) is 6.25. The molecule has 1 heterocycles. The maximum absolute atomic E-state index is 12.0. The van der Waals surface area contributed by atoms with Crippen molar-refractivity contribution in [3.8, 4) is 0 Å². The van der Waals surface area contributed by atoms with Crippen molar-refractivity contribution in [1.29, 1.82) is 0 Å². The van der Waals surface area contributed by atoms with Gasteiger partial charge in [0, 0.05) is 21.2 Å². The molecule has 18 heavy (non-hydrogen) atoms. The van der Waals surface area contributed by atoms with Crippen molar-refractivity contribution in [3.63, 3.8) is 0 Å². The Balaban J connectivity index is 3.04. The van der Waals surface area contributed by atoms with Crippen LogP contribution in [0.5, 0.6) is 0 Å². The van der Waals surface area contributed by atoms with Gasteiger partial charge in [0.2, 0.25) is 0 Å². The molecule has 0 aliphatic heterocycles. The second kappa shape index (κ2) is 7.21. The molecule has 0 spiro atoms. The van der Waals surface area contributed by atoms with Gasteiger partial charge in [-0.3, -0.25) is 10.3 Å². The summed E-state index contributed by atoms with van der Waals surface area (Å²) in [6, 6.07) is 1.44. The van der Waals surface area contributed by atoms with Crippen molar-refractivity contribution in [3.05, 3.63) is 26.9 Å². The molecule has 1 aromatic heterocycles. The van der Waals surface area contributed by atoms with Gasteiger partial charge in [-0.25, -0.2) is 4.79 Å². The lowest BCUT2D eigenvalue weighted by molar-refractivity contribution is -0.146. The van der Waals surface area contributed by atoms with Crippen molar-refractivity contribution >= 4 is 37.8 Å². The zero-order valence-electron chi connectivity index (χ0n) is 10.5. The zero-order chi connectivity index (χ0) is 13.7. The number of esters is 1. The summed E-state index contributed by atoms with van der Waals surface area (Å²) in [7, 11) is 0. The molecule has 1 rings (SSSR count). The molecule has 1 atom stereocenters. The smallest absolute Gasteiger partial charge is 0.329 e. The summed E-state index contributed by atoms with van der Waals surface area (Å²) in [5.74, 6) is -0.318. The van der Waals surface area contributed by atoms with E-state index in [1.165, 1.54) is 0 Å². The number of carbonyl (C=O) groups excluding carboxylic acids is 1. The maximum atomic E-state index is 12.0. The van der Waals surface area contributed by atoms with Gasteiger partial charge in [-0.05, 0) is 58.7 Å². The summed E-state index contributed by atoms with van der Waals surface area (Å²) in [6.07, 6.45) is 1.66. The fourth-order valence-electron chi connectivity index (χ4n) is 1.46. The highest BCUT2D eigenvalue weighted by Crippen LogP contribution is 2.25. The van der Waals surface area contributed by atoms with Crippen LogP contribution < -0.4 is 5.32 Å². The third kappa shape index (κ3) is 4.33. The van der Waals surface area contributed by atoms with Crippen LogP contribution in [0.2, 0.25) is 0 Å². The van der Waals surface area contributed by atoms with E-state index in [1.807, 2.05) is 19.9 Å². The molecule has 0 aliphatic rings. The molecule has 0 saturated heterocycles. The Morgan fingerprint density at radius 3 is 2.67 bits per heavy atom. The van der Waals surface area contributed by atoms with Gasteiger partial charge >= 0.3 is 5.97 Å². The minimum atomic E-state index is -0.563. The summed E-state index contributed by atoms with van der Waals surface area (Å²) in [4.78, 5) is 16.2. The number of carbonyl (C=O) groups is 1. The summed E-state index contributed by atoms with van der Waals surface area (Å²) >= 11 is 6.75. The third-order valence-electron chi connectivity index (χ3n) is 2.13. The molecule has 0 amide bonds. The Morgan fingerprint density at radius 2 is 2.17 bits per heavy atom. The van der Waals surface area contributed by atoms with Crippen LogP contribution in [0.3, 0.4) is 0 Å². The number of aromatic nitrogens is 1. The topological polar surface area (TPSA) is 51.2 Å². The molecule has 0 radical (unpaired) electrons. The number of nitrogens with one attached hydrogen (secondary N) is 1. The highest BCUT2D eigenvalue weighted by molar-refractivity contribution is 9.11. The van der Waals surface area contributed by atoms with Gasteiger partial charge < -0.3 is 4.74 Å². The molecular formula is C12H16Br2N2O2. The lowest BCUT2D eigenvalue weighted by atomic mass is 10.1. The zero-order valence-corrected chi connectivity index (χ0v) is 13.7. The van der Waals surface area contributed by atoms with Gasteiger partial charge in [-0.15, -0.1) is 0 Å². The van der Waals surface area contributed by atoms with E-state index in [-0.39, 0.29) is 12.0 Å². The fraction of sp³-hybridized carbons (Fsp3) is 0.500. The van der Waals surface area contributed by atoms with E-state index < -0.39 is 6.04 Å². The van der Waals surface area contributed by atoms with Crippen LogP contribution in [-0.4, -0.2) is 23.6 Å². The molecule has 0 fully saturated rings. The summed E-state index contributed by atoms with van der Waals surface area (Å²) in [5.41, 5.74) is 0.630. The fourth-order valence-corrected chi connectivity index (χ4v) is 2.67. The normalized spacial score (nSPS) is 12.6. The van der Waals surface area contributed by atoms with Gasteiger partial charge in [-0.2, -0.15) is 0 Å². The maximum Gasteiger partial charge on any atom is 0.329 e. The first-order valence-corrected chi connectivity index (χ1v) is 7.28. The molecule has 100 valence electrons. The van der Waals surface area contributed by atoms with Crippen molar-refractivity contribution < 1.29 is 9.53 Å². The average molecular weight is 380 g/mol. The van der Waals surface area contributed by atoms with E-state index >= 15 is 0 Å². The standard InChI is InChI=1S/C12H16Br2N2O2/c1-4-18-12(17)11(16-7(2)3)10-9(14)5-8(13)6-15-10/h5-7,11,16H,4H2,1-3H3. The Hall–Kier alpha value is -0.460. The van der Waals surface area contributed by atoms with Crippen molar-refractivity contribution in [1.82, 2.24) is 10.3 Å². The average Bonchev–Trinajstić information content (AvgIpc) is 2.26. The summed E-state index contributed by atoms with van der Waals surface area (Å²) in [5, 5.41) is 3.16. The molecular weight excluding hydrogens is 364 g/mol. The quantitative estimate of drug-likeness (QED) is 0.798. The predicted molar refractivity (Wildman–Crippen MR) is 77.3 cm³/mol. The molecule has 0 saturated carbocycles. The van der Waals surface area contributed by atoms with Gasteiger partial charge in [-0.1, -0.05) is 0 Å². The minimum Gasteiger partial charge on any atom is -0.465 e. The number of hydrogen-bond acceptors (Lipinski definition) is 4. The van der Waals surface area contributed by atoms with Crippen LogP contribution in [-0.2, 0) is 9.53 Å². The highest BCUT2D eigenvalue weighted by Gasteiger charge is 2.26. The van der Waals surface area contributed by atoms with E-state index in [4.69, 9.17) is 4.74 Å². The van der Waals surface area contributed by atoms with E-state index in [9.17, 15) is 4.79 Å². The molecule has 1 aromatic rings. The first-order valence-electron chi connectivity index (χ1n) is 5.69. The summed E-state index contributed by atoms with van der Waals surface area (Å²) in [6.45, 7) is 6.08. The largest absolute Gasteiger partial charge is 0.465 e. The Morgan fingerprint density at radius 1 is 1.50 bits per heavy atom. The van der Waals surface area contributed by atoms with Crippen LogP contribution in [0.1, 0.15) is 32.5 Å². The molecule has 1 N–H and O–H groups in total. The predicted octanol–water partition coefficient (Wildman–Crippen LogP) is 3.21. The van der Waals surface area contributed by atoms with Crippen LogP contribution in [0.25, 0.3) is 0 Å². The van der Waals surface area contributed by atoms with E-state index in [0.29, 0.717) is 12.3 Å². The number of halogens is 2. The van der Waals surface area contributed by atoms with Crippen molar-refractivity contribution in [2.75, 3.05) is 6.61 Å². The van der Waals surface area contributed by atoms with Gasteiger partial charge in [0.15, 0.2) is 0 Å². The van der Waals surface area contributed by atoms with Gasteiger partial charge in [0.25, 0.3) is 0 Å². The summed E-state index contributed by atoms with van der Waals surface area (Å²) < 4.78 is 6.69. The first kappa shape index (κ1) is 15.6. The number of pyridine rings is 1. The van der Waals surface area contributed by atoms with Crippen LogP contribution in [0, 0.1) is 0 Å². The number of hydrogen-bond donors (Lipinski definition) is 1. The molecule has 6 heteroatoms. The SMILES string of the molecule is CCOC(=O)C(NC(C)C)c1ncc(Br)cc1Br. The molecule has 0 aromatic carbocycles. The van der Waals surface area contributed by atoms with Gasteiger partial charge in [0.1, 0.15) is 6.04 Å². The molecule has 0 aliphatic carbocycles. The number of rotatable bonds is 5. The lowest BCUT2D eigenvalue weighted by Gasteiger charge is -2.20. The molecule has 1 unspecified atom stereocenters. The van der Waals surface area contributed by atoms with E-state index in [2.05, 4.69) is 42.2 Å². The van der Waals surface area contributed by atoms with Crippen molar-refractivity contribution in [2.45, 2.75) is 32.9 Å². The number of ether oxygens (including phenoxy) is 1. The number of nitrogens with zero attached hydrogens (tertiary/aromatic N) is 1. The Labute approximate surface area is 124 Å². The lowest BCUT2D eigenvalue weighted by Crippen LogP contribution is -2.35. The van der Waals surface area contributed by atoms with E-state index in [0.717, 1.165) is 8.95 Å². The second-order valence-electron chi connectivity index (χ2n) is 4.03. The third-order valence-corrected chi connectivity index (χ3v) is 3.20. The van der Waals surface area contributed by atoms with Crippen LogP contribution in [0.4, 0.5) is 0 Å².